The molecule has 0 spiro atoms. The number of rotatable bonds is 7. The van der Waals surface area contributed by atoms with Crippen LogP contribution in [0.4, 0.5) is 5.69 Å². The molecule has 166 valence electrons. The number of aromatic nitrogens is 2. The van der Waals surface area contributed by atoms with Crippen LogP contribution in [0, 0.1) is 13.8 Å². The van der Waals surface area contributed by atoms with E-state index in [9.17, 15) is 14.4 Å². The van der Waals surface area contributed by atoms with E-state index in [1.165, 1.54) is 22.5 Å². The molecule has 1 atom stereocenters. The van der Waals surface area contributed by atoms with Crippen LogP contribution in [0.2, 0.25) is 0 Å². The summed E-state index contributed by atoms with van der Waals surface area (Å²) in [4.78, 5) is 36.7. The molecule has 3 rings (SSSR count). The molecule has 0 radical (unpaired) electrons. The SMILES string of the molecule is CCOC(=O)c1ccc(NC(=O)C(C)Sc2ccc(=O)n(-c3ccc(C)c(C)c3)n2)cc1. The third-order valence-electron chi connectivity index (χ3n) is 4.84. The fraction of sp³-hybridized carbons (Fsp3) is 0.250. The van der Waals surface area contributed by atoms with Gasteiger partial charge in [-0.15, -0.1) is 0 Å². The highest BCUT2D eigenvalue weighted by Crippen LogP contribution is 2.22. The van der Waals surface area contributed by atoms with Crippen molar-refractivity contribution in [2.45, 2.75) is 38.0 Å². The van der Waals surface area contributed by atoms with Crippen molar-refractivity contribution in [1.82, 2.24) is 9.78 Å². The Bertz CT molecular complexity index is 1190. The highest BCUT2D eigenvalue weighted by atomic mass is 32.2. The summed E-state index contributed by atoms with van der Waals surface area (Å²) >= 11 is 1.25. The topological polar surface area (TPSA) is 90.3 Å². The molecule has 0 aliphatic heterocycles. The Morgan fingerprint density at radius 2 is 1.78 bits per heavy atom. The second-order valence-corrected chi connectivity index (χ2v) is 8.60. The number of amides is 1. The number of nitrogens with one attached hydrogen (secondary N) is 1. The normalized spacial score (nSPS) is 11.6. The lowest BCUT2D eigenvalue weighted by Crippen LogP contribution is -2.24. The smallest absolute Gasteiger partial charge is 0.338 e. The second kappa shape index (κ2) is 10.3. The molecule has 8 heteroatoms. The number of carbonyl (C=O) groups is 2. The van der Waals surface area contributed by atoms with Gasteiger partial charge in [-0.25, -0.2) is 4.79 Å². The summed E-state index contributed by atoms with van der Waals surface area (Å²) in [5.41, 5.74) is 3.63. The van der Waals surface area contributed by atoms with Gasteiger partial charge in [-0.1, -0.05) is 17.8 Å². The molecule has 0 saturated heterocycles. The number of carbonyl (C=O) groups excluding carboxylic acids is 2. The van der Waals surface area contributed by atoms with Crippen LogP contribution in [0.5, 0.6) is 0 Å². The van der Waals surface area contributed by atoms with E-state index in [-0.39, 0.29) is 11.5 Å². The van der Waals surface area contributed by atoms with Gasteiger partial charge in [-0.2, -0.15) is 9.78 Å². The molecular formula is C24H25N3O4S. The highest BCUT2D eigenvalue weighted by molar-refractivity contribution is 8.00. The summed E-state index contributed by atoms with van der Waals surface area (Å²) < 4.78 is 6.30. The van der Waals surface area contributed by atoms with Crippen molar-refractivity contribution in [2.75, 3.05) is 11.9 Å². The van der Waals surface area contributed by atoms with Crippen LogP contribution < -0.4 is 10.9 Å². The molecule has 3 aromatic rings. The van der Waals surface area contributed by atoms with Gasteiger partial charge >= 0.3 is 5.97 Å². The number of thioether (sulfide) groups is 1. The van der Waals surface area contributed by atoms with Gasteiger partial charge < -0.3 is 10.1 Å². The maximum atomic E-state index is 12.6. The second-order valence-electron chi connectivity index (χ2n) is 7.24. The van der Waals surface area contributed by atoms with E-state index in [1.807, 2.05) is 32.0 Å². The van der Waals surface area contributed by atoms with E-state index in [1.54, 1.807) is 44.2 Å². The summed E-state index contributed by atoms with van der Waals surface area (Å²) in [6, 6.07) is 15.3. The van der Waals surface area contributed by atoms with Gasteiger partial charge in [-0.3, -0.25) is 9.59 Å². The predicted molar refractivity (Wildman–Crippen MR) is 126 cm³/mol. The quantitative estimate of drug-likeness (QED) is 0.429. The van der Waals surface area contributed by atoms with E-state index in [4.69, 9.17) is 4.74 Å². The lowest BCUT2D eigenvalue weighted by Gasteiger charge is -2.13. The van der Waals surface area contributed by atoms with Crippen LogP contribution in [0.25, 0.3) is 5.69 Å². The van der Waals surface area contributed by atoms with Crippen LogP contribution >= 0.6 is 11.8 Å². The average molecular weight is 452 g/mol. The Hall–Kier alpha value is -3.39. The molecule has 7 nitrogen and oxygen atoms in total. The van der Waals surface area contributed by atoms with Crippen LogP contribution in [-0.2, 0) is 9.53 Å². The van der Waals surface area contributed by atoms with Gasteiger partial charge in [0.1, 0.15) is 5.03 Å². The zero-order valence-electron chi connectivity index (χ0n) is 18.4. The van der Waals surface area contributed by atoms with Gasteiger partial charge in [0.25, 0.3) is 5.56 Å². The van der Waals surface area contributed by atoms with Crippen molar-refractivity contribution in [2.24, 2.45) is 0 Å². The number of ether oxygens (including phenoxy) is 1. The minimum atomic E-state index is -0.460. The van der Waals surface area contributed by atoms with Crippen LogP contribution in [-0.4, -0.2) is 33.5 Å². The minimum absolute atomic E-state index is 0.218. The molecular weight excluding hydrogens is 426 g/mol. The summed E-state index contributed by atoms with van der Waals surface area (Å²) in [6.45, 7) is 7.80. The molecule has 2 aromatic carbocycles. The molecule has 1 aromatic heterocycles. The van der Waals surface area contributed by atoms with Crippen LogP contribution in [0.3, 0.4) is 0 Å². The number of hydrogen-bond donors (Lipinski definition) is 1. The average Bonchev–Trinajstić information content (AvgIpc) is 2.77. The number of hydrogen-bond acceptors (Lipinski definition) is 6. The Morgan fingerprint density at radius 3 is 2.44 bits per heavy atom. The largest absolute Gasteiger partial charge is 0.462 e. The maximum absolute atomic E-state index is 12.6. The number of aryl methyl sites for hydroxylation is 2. The third-order valence-corrected chi connectivity index (χ3v) is 5.87. The maximum Gasteiger partial charge on any atom is 0.338 e. The zero-order chi connectivity index (χ0) is 23.3. The van der Waals surface area contributed by atoms with E-state index in [2.05, 4.69) is 10.4 Å². The predicted octanol–water partition coefficient (Wildman–Crippen LogP) is 4.15. The fourth-order valence-electron chi connectivity index (χ4n) is 2.88. The molecule has 1 amide bonds. The van der Waals surface area contributed by atoms with Gasteiger partial charge in [0, 0.05) is 11.8 Å². The molecule has 0 fully saturated rings. The van der Waals surface area contributed by atoms with E-state index < -0.39 is 11.2 Å². The van der Waals surface area contributed by atoms with Crippen molar-refractivity contribution < 1.29 is 14.3 Å². The minimum Gasteiger partial charge on any atom is -0.462 e. The molecule has 0 aliphatic carbocycles. The van der Waals surface area contributed by atoms with E-state index in [0.717, 1.165) is 11.1 Å². The monoisotopic (exact) mass is 451 g/mol. The standard InChI is InChI=1S/C24H25N3O4S/c1-5-31-24(30)18-7-9-19(10-8-18)25-23(29)17(4)32-21-12-13-22(28)27(26-21)20-11-6-15(2)16(3)14-20/h6-14,17H,5H2,1-4H3,(H,25,29). The lowest BCUT2D eigenvalue weighted by molar-refractivity contribution is -0.115. The van der Waals surface area contributed by atoms with Crippen molar-refractivity contribution in [3.8, 4) is 5.69 Å². The first-order chi connectivity index (χ1) is 15.3. The number of nitrogens with zero attached hydrogens (tertiary/aromatic N) is 2. The van der Waals surface area contributed by atoms with Crippen molar-refractivity contribution in [1.29, 1.82) is 0 Å². The summed E-state index contributed by atoms with van der Waals surface area (Å²) in [5.74, 6) is -0.621. The van der Waals surface area contributed by atoms with Gasteiger partial charge in [0.05, 0.1) is 23.1 Å². The van der Waals surface area contributed by atoms with Crippen molar-refractivity contribution in [3.05, 3.63) is 81.6 Å². The molecule has 1 heterocycles. The van der Waals surface area contributed by atoms with Crippen LogP contribution in [0.1, 0.15) is 35.3 Å². The Balaban J connectivity index is 1.69. The molecule has 0 bridgehead atoms. The zero-order valence-corrected chi connectivity index (χ0v) is 19.2. The first kappa shape index (κ1) is 23.3. The first-order valence-electron chi connectivity index (χ1n) is 10.2. The number of esters is 1. The van der Waals surface area contributed by atoms with Crippen molar-refractivity contribution >= 4 is 29.3 Å². The third kappa shape index (κ3) is 5.64. The Labute approximate surface area is 190 Å². The molecule has 32 heavy (non-hydrogen) atoms. The molecule has 1 N–H and O–H groups in total. The first-order valence-corrected chi connectivity index (χ1v) is 11.1. The summed E-state index contributed by atoms with van der Waals surface area (Å²) in [7, 11) is 0. The molecule has 1 unspecified atom stereocenters. The van der Waals surface area contributed by atoms with Gasteiger partial charge in [0.15, 0.2) is 0 Å². The fourth-order valence-corrected chi connectivity index (χ4v) is 3.69. The number of anilines is 1. The highest BCUT2D eigenvalue weighted by Gasteiger charge is 2.17. The lowest BCUT2D eigenvalue weighted by atomic mass is 10.1. The van der Waals surface area contributed by atoms with E-state index >= 15 is 0 Å². The Morgan fingerprint density at radius 1 is 1.06 bits per heavy atom. The van der Waals surface area contributed by atoms with E-state index in [0.29, 0.717) is 28.6 Å². The van der Waals surface area contributed by atoms with Crippen LogP contribution in [0.15, 0.2) is 64.4 Å². The summed E-state index contributed by atoms with van der Waals surface area (Å²) in [5, 5.41) is 7.35. The Kier molecular flexibility index (Phi) is 7.48. The molecule has 0 saturated carbocycles. The van der Waals surface area contributed by atoms with Gasteiger partial charge in [0.2, 0.25) is 5.91 Å². The summed E-state index contributed by atoms with van der Waals surface area (Å²) in [6.07, 6.45) is 0. The number of benzene rings is 2. The van der Waals surface area contributed by atoms with Gasteiger partial charge in [-0.05, 0) is 81.3 Å². The van der Waals surface area contributed by atoms with Crippen molar-refractivity contribution in [3.63, 3.8) is 0 Å². The molecule has 0 aliphatic rings.